The van der Waals surface area contributed by atoms with Gasteiger partial charge in [-0.3, -0.25) is 9.59 Å². The number of hydrogen-bond donors (Lipinski definition) is 3. The molecule has 178 valence electrons. The summed E-state index contributed by atoms with van der Waals surface area (Å²) >= 11 is 7.99. The van der Waals surface area contributed by atoms with Gasteiger partial charge in [-0.05, 0) is 57.9 Å². The van der Waals surface area contributed by atoms with Gasteiger partial charge >= 0.3 is 0 Å². The number of pyridine rings is 1. The molecule has 1 aromatic carbocycles. The van der Waals surface area contributed by atoms with Crippen molar-refractivity contribution in [2.75, 3.05) is 6.26 Å². The van der Waals surface area contributed by atoms with Gasteiger partial charge in [-0.15, -0.1) is 11.8 Å². The van der Waals surface area contributed by atoms with E-state index >= 15 is 0 Å². The van der Waals surface area contributed by atoms with Gasteiger partial charge in [0.1, 0.15) is 0 Å². The Labute approximate surface area is 202 Å². The van der Waals surface area contributed by atoms with E-state index in [4.69, 9.17) is 26.8 Å². The number of halogens is 1. The third-order valence-electron chi connectivity index (χ3n) is 6.68. The summed E-state index contributed by atoms with van der Waals surface area (Å²) in [7, 11) is 0. The summed E-state index contributed by atoms with van der Waals surface area (Å²) in [4.78, 5) is 29.1. The number of nitrogens with one attached hydrogen (secondary N) is 2. The monoisotopic (exact) mass is 491 g/mol. The van der Waals surface area contributed by atoms with Crippen molar-refractivity contribution in [2.24, 2.45) is 11.7 Å². The van der Waals surface area contributed by atoms with Crippen LogP contribution in [0.15, 0.2) is 21.8 Å². The molecule has 2 heterocycles. The molecular weight excluding hydrogens is 462 g/mol. The number of aryl methyl sites for hydroxylation is 1. The van der Waals surface area contributed by atoms with E-state index in [0.717, 1.165) is 36.3 Å². The van der Waals surface area contributed by atoms with Gasteiger partial charge in [-0.25, -0.2) is 0 Å². The molecule has 2 aromatic rings. The van der Waals surface area contributed by atoms with E-state index in [1.165, 1.54) is 11.8 Å². The SMILES string of the molecule is CSc1cc(C)[nH]c(=O)c1CNC(=O)c1cc(Cl)c2c(c1C)O[C@](C)(C1CCC(N)CC1)O2. The molecule has 1 saturated carbocycles. The Morgan fingerprint density at radius 3 is 2.58 bits per heavy atom. The van der Waals surface area contributed by atoms with Crippen LogP contribution in [0.3, 0.4) is 0 Å². The first-order valence-electron chi connectivity index (χ1n) is 11.1. The third-order valence-corrected chi connectivity index (χ3v) is 7.77. The molecule has 1 fully saturated rings. The number of ether oxygens (including phenoxy) is 2. The highest BCUT2D eigenvalue weighted by atomic mass is 35.5. The Bertz CT molecular complexity index is 1140. The quantitative estimate of drug-likeness (QED) is 0.538. The normalized spacial score (nSPS) is 24.1. The van der Waals surface area contributed by atoms with Gasteiger partial charge in [0.2, 0.25) is 0 Å². The largest absolute Gasteiger partial charge is 0.448 e. The van der Waals surface area contributed by atoms with Crippen molar-refractivity contribution in [2.45, 2.75) is 69.7 Å². The van der Waals surface area contributed by atoms with Crippen molar-refractivity contribution in [3.05, 3.63) is 49.9 Å². The average molecular weight is 492 g/mol. The van der Waals surface area contributed by atoms with Crippen LogP contribution in [-0.2, 0) is 6.54 Å². The second-order valence-corrected chi connectivity index (χ2v) is 10.3. The summed E-state index contributed by atoms with van der Waals surface area (Å²) in [6, 6.07) is 3.72. The van der Waals surface area contributed by atoms with Crippen LogP contribution in [-0.4, -0.2) is 29.0 Å². The van der Waals surface area contributed by atoms with Gasteiger partial charge in [0.15, 0.2) is 11.5 Å². The minimum Gasteiger partial charge on any atom is -0.448 e. The fraction of sp³-hybridized carbons (Fsp3) is 0.500. The van der Waals surface area contributed by atoms with Crippen LogP contribution in [0.5, 0.6) is 11.5 Å². The molecule has 9 heteroatoms. The average Bonchev–Trinajstić information content (AvgIpc) is 3.15. The van der Waals surface area contributed by atoms with Crippen LogP contribution in [0.1, 0.15) is 59.8 Å². The number of nitrogens with two attached hydrogens (primary N) is 1. The summed E-state index contributed by atoms with van der Waals surface area (Å²) in [6.45, 7) is 5.69. The zero-order chi connectivity index (χ0) is 23.9. The van der Waals surface area contributed by atoms with Crippen molar-refractivity contribution in [3.63, 3.8) is 0 Å². The van der Waals surface area contributed by atoms with E-state index in [1.807, 2.05) is 33.1 Å². The van der Waals surface area contributed by atoms with Crippen LogP contribution in [0.25, 0.3) is 0 Å². The molecule has 1 aromatic heterocycles. The van der Waals surface area contributed by atoms with Gasteiger partial charge in [0, 0.05) is 52.7 Å². The standard InChI is InChI=1S/C24H30ClN3O4S/c1-12-9-19(33-4)17(23(30)28-12)11-27-22(29)16-10-18(25)21-20(13(16)2)31-24(3,32-21)14-5-7-15(26)8-6-14/h9-10,14-15H,5-8,11,26H2,1-4H3,(H,27,29)(H,28,30)/t14?,15?,24-/m0/s1. The summed E-state index contributed by atoms with van der Waals surface area (Å²) in [5.74, 6) is 0.000466. The molecule has 0 bridgehead atoms. The molecule has 0 saturated heterocycles. The highest BCUT2D eigenvalue weighted by Crippen LogP contribution is 2.51. The van der Waals surface area contributed by atoms with E-state index in [9.17, 15) is 9.59 Å². The Hall–Kier alpha value is -2.16. The lowest BCUT2D eigenvalue weighted by atomic mass is 9.81. The van der Waals surface area contributed by atoms with Crippen molar-refractivity contribution < 1.29 is 14.3 Å². The number of fused-ring (bicyclic) bond motifs is 1. The predicted molar refractivity (Wildman–Crippen MR) is 131 cm³/mol. The van der Waals surface area contributed by atoms with Crippen LogP contribution < -0.4 is 26.1 Å². The lowest BCUT2D eigenvalue weighted by Crippen LogP contribution is -2.46. The minimum atomic E-state index is -0.839. The molecule has 1 amide bonds. The van der Waals surface area contributed by atoms with Crippen molar-refractivity contribution in [1.29, 1.82) is 0 Å². The molecule has 4 N–H and O–H groups in total. The van der Waals surface area contributed by atoms with Crippen LogP contribution in [0.2, 0.25) is 5.02 Å². The highest BCUT2D eigenvalue weighted by molar-refractivity contribution is 7.98. The molecule has 2 aliphatic rings. The summed E-state index contributed by atoms with van der Waals surface area (Å²) in [5, 5.41) is 3.19. The van der Waals surface area contributed by atoms with Crippen molar-refractivity contribution in [1.82, 2.24) is 10.3 Å². The van der Waals surface area contributed by atoms with Crippen LogP contribution in [0, 0.1) is 19.8 Å². The topological polar surface area (TPSA) is 106 Å². The minimum absolute atomic E-state index is 0.107. The van der Waals surface area contributed by atoms with E-state index in [1.54, 1.807) is 6.07 Å². The zero-order valence-electron chi connectivity index (χ0n) is 19.3. The van der Waals surface area contributed by atoms with E-state index in [-0.39, 0.29) is 30.0 Å². The summed E-state index contributed by atoms with van der Waals surface area (Å²) in [5.41, 5.74) is 8.21. The van der Waals surface area contributed by atoms with Gasteiger partial charge in [0.25, 0.3) is 17.3 Å². The Kier molecular flexibility index (Phi) is 6.71. The number of carbonyl (C=O) groups excluding carboxylic acids is 1. The van der Waals surface area contributed by atoms with Gasteiger partial charge in [-0.2, -0.15) is 0 Å². The van der Waals surface area contributed by atoms with Gasteiger partial charge < -0.3 is 25.5 Å². The fourth-order valence-corrected chi connectivity index (χ4v) is 5.63. The van der Waals surface area contributed by atoms with E-state index in [2.05, 4.69) is 10.3 Å². The zero-order valence-corrected chi connectivity index (χ0v) is 20.9. The van der Waals surface area contributed by atoms with Crippen molar-refractivity contribution in [3.8, 4) is 11.5 Å². The van der Waals surface area contributed by atoms with Crippen LogP contribution >= 0.6 is 23.4 Å². The molecule has 33 heavy (non-hydrogen) atoms. The number of aromatic nitrogens is 1. The number of carbonyl (C=O) groups is 1. The Balaban J connectivity index is 1.55. The number of benzene rings is 1. The maximum absolute atomic E-state index is 13.1. The number of H-pyrrole nitrogens is 1. The molecule has 0 radical (unpaired) electrons. The molecule has 1 aliphatic heterocycles. The first-order chi connectivity index (χ1) is 15.6. The highest BCUT2D eigenvalue weighted by Gasteiger charge is 2.47. The van der Waals surface area contributed by atoms with Gasteiger partial charge in [-0.1, -0.05) is 11.6 Å². The fourth-order valence-electron chi connectivity index (χ4n) is 4.69. The first-order valence-corrected chi connectivity index (χ1v) is 12.7. The third kappa shape index (κ3) is 4.61. The second kappa shape index (κ2) is 9.24. The van der Waals surface area contributed by atoms with Gasteiger partial charge in [0.05, 0.1) is 5.02 Å². The number of amides is 1. The maximum atomic E-state index is 13.1. The molecular formula is C24H30ClN3O4S. The molecule has 0 unspecified atom stereocenters. The summed E-state index contributed by atoms with van der Waals surface area (Å²) in [6.07, 6.45) is 5.59. The first kappa shape index (κ1) is 24.0. The summed E-state index contributed by atoms with van der Waals surface area (Å²) < 4.78 is 12.5. The van der Waals surface area contributed by atoms with E-state index in [0.29, 0.717) is 33.2 Å². The molecule has 7 nitrogen and oxygen atoms in total. The Morgan fingerprint density at radius 2 is 1.91 bits per heavy atom. The van der Waals surface area contributed by atoms with Crippen molar-refractivity contribution >= 4 is 29.3 Å². The molecule has 1 atom stereocenters. The maximum Gasteiger partial charge on any atom is 0.254 e. The number of rotatable bonds is 5. The molecule has 0 spiro atoms. The second-order valence-electron chi connectivity index (χ2n) is 9.03. The Morgan fingerprint density at radius 1 is 1.24 bits per heavy atom. The molecule has 1 aliphatic carbocycles. The lowest BCUT2D eigenvalue weighted by Gasteiger charge is -2.36. The number of hydrogen-bond acceptors (Lipinski definition) is 6. The predicted octanol–water partition coefficient (Wildman–Crippen LogP) is 4.30. The lowest BCUT2D eigenvalue weighted by molar-refractivity contribution is -0.120. The number of aromatic amines is 1. The van der Waals surface area contributed by atoms with Crippen LogP contribution in [0.4, 0.5) is 0 Å². The smallest absolute Gasteiger partial charge is 0.254 e. The van der Waals surface area contributed by atoms with E-state index < -0.39 is 5.79 Å². The number of thioether (sulfide) groups is 1. The molecule has 4 rings (SSSR count).